The summed E-state index contributed by atoms with van der Waals surface area (Å²) in [6, 6.07) is 1.67. The van der Waals surface area contributed by atoms with Gasteiger partial charge in [0.1, 0.15) is 5.00 Å². The normalized spacial score (nSPS) is 18.8. The SMILES string of the molecule is CCc1cc(C(=O)OC)c(N2CC(CS(=O)(=O)F)CC2=O)s1. The molecule has 0 aliphatic carbocycles. The molecule has 1 amide bonds. The van der Waals surface area contributed by atoms with E-state index in [0.29, 0.717) is 11.4 Å². The van der Waals surface area contributed by atoms with Crippen molar-refractivity contribution in [2.45, 2.75) is 19.8 Å². The van der Waals surface area contributed by atoms with Crippen LogP contribution in [0.2, 0.25) is 0 Å². The van der Waals surface area contributed by atoms with Crippen LogP contribution in [0.25, 0.3) is 0 Å². The molecule has 1 aromatic rings. The van der Waals surface area contributed by atoms with Crippen LogP contribution < -0.4 is 4.90 Å². The molecule has 1 aromatic heterocycles. The molecule has 0 radical (unpaired) electrons. The first-order chi connectivity index (χ1) is 10.2. The molecule has 1 aliphatic heterocycles. The fourth-order valence-electron chi connectivity index (χ4n) is 2.43. The number of halogens is 1. The fourth-order valence-corrected chi connectivity index (χ4v) is 4.33. The van der Waals surface area contributed by atoms with Crippen LogP contribution >= 0.6 is 11.3 Å². The molecule has 0 N–H and O–H groups in total. The van der Waals surface area contributed by atoms with Crippen molar-refractivity contribution in [3.8, 4) is 0 Å². The number of carbonyl (C=O) groups excluding carboxylic acids is 2. The molecule has 2 heterocycles. The maximum atomic E-state index is 12.8. The second-order valence-electron chi connectivity index (χ2n) is 5.06. The minimum Gasteiger partial charge on any atom is -0.465 e. The molecule has 0 saturated carbocycles. The summed E-state index contributed by atoms with van der Waals surface area (Å²) in [5.41, 5.74) is 0.279. The minimum atomic E-state index is -4.63. The van der Waals surface area contributed by atoms with Crippen LogP contribution in [0.4, 0.5) is 8.89 Å². The van der Waals surface area contributed by atoms with Gasteiger partial charge in [0.15, 0.2) is 0 Å². The Hall–Kier alpha value is -1.48. The van der Waals surface area contributed by atoms with Crippen LogP contribution in [-0.2, 0) is 26.2 Å². The number of anilines is 1. The summed E-state index contributed by atoms with van der Waals surface area (Å²) in [4.78, 5) is 26.2. The smallest absolute Gasteiger partial charge is 0.340 e. The van der Waals surface area contributed by atoms with Gasteiger partial charge in [-0.15, -0.1) is 15.2 Å². The van der Waals surface area contributed by atoms with Gasteiger partial charge in [0, 0.05) is 23.8 Å². The van der Waals surface area contributed by atoms with E-state index in [9.17, 15) is 21.9 Å². The Balaban J connectivity index is 2.30. The summed E-state index contributed by atoms with van der Waals surface area (Å²) >= 11 is 1.29. The number of ether oxygens (including phenoxy) is 1. The summed E-state index contributed by atoms with van der Waals surface area (Å²) in [7, 11) is -3.38. The van der Waals surface area contributed by atoms with Crippen LogP contribution in [-0.4, -0.2) is 39.7 Å². The zero-order valence-electron chi connectivity index (χ0n) is 12.2. The second kappa shape index (κ2) is 6.33. The maximum Gasteiger partial charge on any atom is 0.340 e. The van der Waals surface area contributed by atoms with E-state index in [4.69, 9.17) is 4.74 Å². The molecule has 0 bridgehead atoms. The van der Waals surface area contributed by atoms with E-state index in [1.54, 1.807) is 6.07 Å². The van der Waals surface area contributed by atoms with Crippen LogP contribution in [0.15, 0.2) is 6.07 Å². The second-order valence-corrected chi connectivity index (χ2v) is 7.58. The Morgan fingerprint density at radius 3 is 2.77 bits per heavy atom. The number of methoxy groups -OCH3 is 1. The molecule has 1 unspecified atom stereocenters. The molecule has 1 saturated heterocycles. The monoisotopic (exact) mass is 349 g/mol. The van der Waals surface area contributed by atoms with Gasteiger partial charge in [0.25, 0.3) is 0 Å². The molecule has 1 aliphatic rings. The predicted octanol–water partition coefficient (Wildman–Crippen LogP) is 1.75. The Labute approximate surface area is 132 Å². The molecule has 0 spiro atoms. The van der Waals surface area contributed by atoms with E-state index in [2.05, 4.69) is 0 Å². The van der Waals surface area contributed by atoms with Crippen molar-refractivity contribution in [3.63, 3.8) is 0 Å². The molecule has 2 rings (SSSR count). The largest absolute Gasteiger partial charge is 0.465 e. The first-order valence-electron chi connectivity index (χ1n) is 6.68. The van der Waals surface area contributed by atoms with Crippen LogP contribution in [0, 0.1) is 5.92 Å². The lowest BCUT2D eigenvalue weighted by atomic mass is 10.1. The highest BCUT2D eigenvalue weighted by atomic mass is 32.3. The first-order valence-corrected chi connectivity index (χ1v) is 9.05. The minimum absolute atomic E-state index is 0.0525. The topological polar surface area (TPSA) is 80.8 Å². The molecule has 1 fully saturated rings. The highest BCUT2D eigenvalue weighted by molar-refractivity contribution is 7.86. The third kappa shape index (κ3) is 3.64. The average Bonchev–Trinajstić information content (AvgIpc) is 2.99. The highest BCUT2D eigenvalue weighted by Gasteiger charge is 2.36. The van der Waals surface area contributed by atoms with E-state index in [0.717, 1.165) is 4.88 Å². The van der Waals surface area contributed by atoms with Gasteiger partial charge >= 0.3 is 16.2 Å². The quantitative estimate of drug-likeness (QED) is 0.597. The Kier molecular flexibility index (Phi) is 4.86. The van der Waals surface area contributed by atoms with Crippen LogP contribution in [0.1, 0.15) is 28.6 Å². The van der Waals surface area contributed by atoms with Crippen molar-refractivity contribution in [2.75, 3.05) is 24.3 Å². The van der Waals surface area contributed by atoms with Crippen LogP contribution in [0.3, 0.4) is 0 Å². The van der Waals surface area contributed by atoms with E-state index in [1.807, 2.05) is 6.92 Å². The zero-order valence-corrected chi connectivity index (χ0v) is 13.8. The molecule has 9 heteroatoms. The maximum absolute atomic E-state index is 12.8. The Morgan fingerprint density at radius 1 is 1.55 bits per heavy atom. The van der Waals surface area contributed by atoms with Crippen molar-refractivity contribution in [2.24, 2.45) is 5.92 Å². The molecule has 1 atom stereocenters. The van der Waals surface area contributed by atoms with Gasteiger partial charge in [-0.05, 0) is 12.5 Å². The summed E-state index contributed by atoms with van der Waals surface area (Å²) in [6.45, 7) is 2.00. The number of nitrogens with zero attached hydrogens (tertiary/aromatic N) is 1. The Morgan fingerprint density at radius 2 is 2.23 bits per heavy atom. The van der Waals surface area contributed by atoms with Crippen molar-refractivity contribution >= 4 is 38.4 Å². The van der Waals surface area contributed by atoms with Gasteiger partial charge in [0.2, 0.25) is 5.91 Å². The number of carbonyl (C=O) groups is 2. The predicted molar refractivity (Wildman–Crippen MR) is 80.4 cm³/mol. The lowest BCUT2D eigenvalue weighted by molar-refractivity contribution is -0.117. The number of aryl methyl sites for hydroxylation is 1. The van der Waals surface area contributed by atoms with E-state index >= 15 is 0 Å². The molecule has 22 heavy (non-hydrogen) atoms. The van der Waals surface area contributed by atoms with Gasteiger partial charge in [0.05, 0.1) is 18.4 Å². The summed E-state index contributed by atoms with van der Waals surface area (Å²) < 4.78 is 39.0. The van der Waals surface area contributed by atoms with Crippen molar-refractivity contribution in [1.29, 1.82) is 0 Å². The molecule has 6 nitrogen and oxygen atoms in total. The van der Waals surface area contributed by atoms with E-state index < -0.39 is 27.9 Å². The summed E-state index contributed by atoms with van der Waals surface area (Å²) in [5.74, 6) is -2.17. The number of hydrogen-bond acceptors (Lipinski definition) is 6. The third-order valence-electron chi connectivity index (χ3n) is 3.40. The lowest BCUT2D eigenvalue weighted by Gasteiger charge is -2.15. The number of hydrogen-bond donors (Lipinski definition) is 0. The first kappa shape index (κ1) is 16.9. The van der Waals surface area contributed by atoms with Gasteiger partial charge in [-0.2, -0.15) is 8.42 Å². The molecular weight excluding hydrogens is 333 g/mol. The number of esters is 1. The molecular formula is C13H16FNO5S2. The van der Waals surface area contributed by atoms with Crippen molar-refractivity contribution < 1.29 is 26.6 Å². The Bertz CT molecular complexity index is 697. The van der Waals surface area contributed by atoms with Crippen molar-refractivity contribution in [3.05, 3.63) is 16.5 Å². The van der Waals surface area contributed by atoms with Gasteiger partial charge < -0.3 is 9.64 Å². The lowest BCUT2D eigenvalue weighted by Crippen LogP contribution is -2.26. The van der Waals surface area contributed by atoms with E-state index in [1.165, 1.54) is 23.3 Å². The number of thiophene rings is 1. The third-order valence-corrected chi connectivity index (χ3v) is 5.57. The standard InChI is InChI=1S/C13H16FNO5S2/c1-3-9-5-10(13(17)20-2)12(21-9)15-6-8(4-11(15)16)7-22(14,18)19/h5,8H,3-4,6-7H2,1-2H3. The summed E-state index contributed by atoms with van der Waals surface area (Å²) in [6.07, 6.45) is 0.641. The summed E-state index contributed by atoms with van der Waals surface area (Å²) in [5, 5.41) is 0.437. The van der Waals surface area contributed by atoms with Crippen molar-refractivity contribution in [1.82, 2.24) is 0 Å². The van der Waals surface area contributed by atoms with Crippen LogP contribution in [0.5, 0.6) is 0 Å². The zero-order chi connectivity index (χ0) is 16.5. The number of amides is 1. The molecule has 122 valence electrons. The fraction of sp³-hybridized carbons (Fsp3) is 0.538. The average molecular weight is 349 g/mol. The van der Waals surface area contributed by atoms with Gasteiger partial charge in [-0.25, -0.2) is 4.79 Å². The van der Waals surface area contributed by atoms with Gasteiger partial charge in [-0.3, -0.25) is 4.79 Å². The number of rotatable bonds is 5. The van der Waals surface area contributed by atoms with E-state index in [-0.39, 0.29) is 24.4 Å². The highest BCUT2D eigenvalue weighted by Crippen LogP contribution is 2.36. The van der Waals surface area contributed by atoms with Gasteiger partial charge in [-0.1, -0.05) is 6.92 Å². The molecule has 0 aromatic carbocycles.